The molecule has 2 heterocycles. The third-order valence-corrected chi connectivity index (χ3v) is 5.69. The fourth-order valence-electron chi connectivity index (χ4n) is 2.10. The van der Waals surface area contributed by atoms with E-state index in [0.717, 1.165) is 9.75 Å². The molecule has 0 bridgehead atoms. The Hall–Kier alpha value is -0.920. The molecule has 1 aliphatic heterocycles. The van der Waals surface area contributed by atoms with Gasteiger partial charge < -0.3 is 4.90 Å². The van der Waals surface area contributed by atoms with Crippen molar-refractivity contribution in [2.75, 3.05) is 13.6 Å². The number of sulfonamides is 1. The number of carbonyl (C=O) groups excluding carboxylic acids is 1. The third-order valence-electron chi connectivity index (χ3n) is 2.95. The lowest BCUT2D eigenvalue weighted by Gasteiger charge is -2.12. The molecule has 18 heavy (non-hydrogen) atoms. The molecule has 2 rings (SSSR count). The third kappa shape index (κ3) is 2.57. The number of hydrogen-bond acceptors (Lipinski definition) is 4. The van der Waals surface area contributed by atoms with Gasteiger partial charge in [-0.1, -0.05) is 0 Å². The summed E-state index contributed by atoms with van der Waals surface area (Å²) < 4.78 is 27.0. The summed E-state index contributed by atoms with van der Waals surface area (Å²) >= 11 is 1.46. The molecule has 1 N–H and O–H groups in total. The van der Waals surface area contributed by atoms with Crippen molar-refractivity contribution < 1.29 is 13.2 Å². The molecule has 100 valence electrons. The first-order valence-corrected chi connectivity index (χ1v) is 7.93. The molecule has 5 nitrogen and oxygen atoms in total. The predicted octanol–water partition coefficient (Wildman–Crippen LogP) is 0.874. The van der Waals surface area contributed by atoms with E-state index in [-0.39, 0.29) is 18.4 Å². The van der Waals surface area contributed by atoms with Gasteiger partial charge >= 0.3 is 0 Å². The van der Waals surface area contributed by atoms with E-state index in [1.807, 2.05) is 6.92 Å². The average molecular weight is 288 g/mol. The zero-order chi connectivity index (χ0) is 13.5. The second-order valence-corrected chi connectivity index (χ2v) is 7.72. The zero-order valence-corrected chi connectivity index (χ0v) is 12.2. The topological polar surface area (TPSA) is 66.5 Å². The molecule has 1 unspecified atom stereocenters. The van der Waals surface area contributed by atoms with Gasteiger partial charge in [-0.25, -0.2) is 13.1 Å². The van der Waals surface area contributed by atoms with Crippen LogP contribution in [-0.2, 0) is 14.8 Å². The SMILES string of the molecule is Cc1cc(S(=O)(=O)NC2CC(=O)N(C)C2)c(C)s1. The van der Waals surface area contributed by atoms with Crippen LogP contribution in [-0.4, -0.2) is 38.9 Å². The van der Waals surface area contributed by atoms with Crippen LogP contribution in [0.15, 0.2) is 11.0 Å². The molecule has 1 atom stereocenters. The van der Waals surface area contributed by atoms with E-state index in [2.05, 4.69) is 4.72 Å². The van der Waals surface area contributed by atoms with Crippen molar-refractivity contribution in [1.82, 2.24) is 9.62 Å². The molecular weight excluding hydrogens is 272 g/mol. The van der Waals surface area contributed by atoms with Crippen LogP contribution in [0.2, 0.25) is 0 Å². The summed E-state index contributed by atoms with van der Waals surface area (Å²) in [6.07, 6.45) is 0.234. The summed E-state index contributed by atoms with van der Waals surface area (Å²) in [5.74, 6) is -0.0269. The molecule has 0 spiro atoms. The molecule has 1 amide bonds. The lowest BCUT2D eigenvalue weighted by Crippen LogP contribution is -2.36. The van der Waals surface area contributed by atoms with Gasteiger partial charge in [-0.2, -0.15) is 0 Å². The normalized spacial score (nSPS) is 20.7. The van der Waals surface area contributed by atoms with E-state index in [9.17, 15) is 13.2 Å². The highest BCUT2D eigenvalue weighted by Crippen LogP contribution is 2.25. The maximum absolute atomic E-state index is 12.2. The van der Waals surface area contributed by atoms with Gasteiger partial charge in [-0.15, -0.1) is 11.3 Å². The van der Waals surface area contributed by atoms with Crippen LogP contribution in [0.4, 0.5) is 0 Å². The maximum Gasteiger partial charge on any atom is 0.241 e. The number of carbonyl (C=O) groups is 1. The zero-order valence-electron chi connectivity index (χ0n) is 10.6. The molecular formula is C11H16N2O3S2. The van der Waals surface area contributed by atoms with E-state index in [1.54, 1.807) is 24.9 Å². The fourth-order valence-corrected chi connectivity index (χ4v) is 4.88. The van der Waals surface area contributed by atoms with Crippen molar-refractivity contribution in [2.24, 2.45) is 0 Å². The van der Waals surface area contributed by atoms with Gasteiger partial charge in [-0.3, -0.25) is 4.79 Å². The van der Waals surface area contributed by atoms with Gasteiger partial charge in [-0.05, 0) is 19.9 Å². The minimum Gasteiger partial charge on any atom is -0.344 e. The summed E-state index contributed by atoms with van der Waals surface area (Å²) in [6.45, 7) is 4.10. The first kappa shape index (κ1) is 13.5. The monoisotopic (exact) mass is 288 g/mol. The van der Waals surface area contributed by atoms with Crippen LogP contribution >= 0.6 is 11.3 Å². The molecule has 0 radical (unpaired) electrons. The summed E-state index contributed by atoms with van der Waals surface area (Å²) in [5, 5.41) is 0. The van der Waals surface area contributed by atoms with E-state index < -0.39 is 10.0 Å². The van der Waals surface area contributed by atoms with Crippen molar-refractivity contribution in [2.45, 2.75) is 31.2 Å². The van der Waals surface area contributed by atoms with Gasteiger partial charge in [0.05, 0.1) is 4.90 Å². The van der Waals surface area contributed by atoms with Crippen molar-refractivity contribution in [3.05, 3.63) is 15.8 Å². The highest BCUT2D eigenvalue weighted by Gasteiger charge is 2.31. The Morgan fingerprint density at radius 1 is 1.44 bits per heavy atom. The number of amides is 1. The van der Waals surface area contributed by atoms with Crippen molar-refractivity contribution in [1.29, 1.82) is 0 Å². The number of hydrogen-bond donors (Lipinski definition) is 1. The second kappa shape index (κ2) is 4.64. The van der Waals surface area contributed by atoms with E-state index >= 15 is 0 Å². The first-order chi connectivity index (χ1) is 8.29. The van der Waals surface area contributed by atoms with E-state index in [0.29, 0.717) is 11.4 Å². The Bertz CT molecular complexity index is 577. The fraction of sp³-hybridized carbons (Fsp3) is 0.545. The number of nitrogens with zero attached hydrogens (tertiary/aromatic N) is 1. The molecule has 1 aromatic heterocycles. The Balaban J connectivity index is 2.18. The van der Waals surface area contributed by atoms with Gasteiger partial charge in [0.25, 0.3) is 0 Å². The predicted molar refractivity (Wildman–Crippen MR) is 70.2 cm³/mol. The molecule has 1 aromatic rings. The summed E-state index contributed by atoms with van der Waals surface area (Å²) in [7, 11) is -1.84. The number of nitrogens with one attached hydrogen (secondary N) is 1. The van der Waals surface area contributed by atoms with Crippen molar-refractivity contribution >= 4 is 27.3 Å². The second-order valence-electron chi connectivity index (χ2n) is 4.57. The number of thiophene rings is 1. The lowest BCUT2D eigenvalue weighted by atomic mass is 10.3. The summed E-state index contributed by atoms with van der Waals surface area (Å²) in [4.78, 5) is 15.0. The van der Waals surface area contributed by atoms with E-state index in [1.165, 1.54) is 11.3 Å². The van der Waals surface area contributed by atoms with Gasteiger partial charge in [0.15, 0.2) is 0 Å². The first-order valence-electron chi connectivity index (χ1n) is 5.63. The minimum atomic E-state index is -3.52. The number of aryl methyl sites for hydroxylation is 2. The molecule has 1 fully saturated rings. The Labute approximate surface area is 111 Å². The van der Waals surface area contributed by atoms with Gasteiger partial charge in [0.2, 0.25) is 15.9 Å². The summed E-state index contributed by atoms with van der Waals surface area (Å²) in [6, 6.07) is 1.34. The highest BCUT2D eigenvalue weighted by atomic mass is 32.2. The molecule has 1 saturated heterocycles. The number of rotatable bonds is 3. The van der Waals surface area contributed by atoms with Gasteiger partial charge in [0.1, 0.15) is 0 Å². The maximum atomic E-state index is 12.2. The molecule has 0 aliphatic carbocycles. The molecule has 0 aromatic carbocycles. The van der Waals surface area contributed by atoms with Crippen molar-refractivity contribution in [3.8, 4) is 0 Å². The molecule has 0 saturated carbocycles. The number of likely N-dealkylation sites (N-methyl/N-ethyl adjacent to an activating group) is 1. The minimum absolute atomic E-state index is 0.0269. The van der Waals surface area contributed by atoms with Gasteiger partial charge in [0, 0.05) is 35.8 Å². The largest absolute Gasteiger partial charge is 0.344 e. The van der Waals surface area contributed by atoms with Crippen LogP contribution < -0.4 is 4.72 Å². The standard InChI is InChI=1S/C11H16N2O3S2/c1-7-4-10(8(2)17-7)18(15,16)12-9-5-11(14)13(3)6-9/h4,9,12H,5-6H2,1-3H3. The quantitative estimate of drug-likeness (QED) is 0.897. The van der Waals surface area contributed by atoms with Crippen molar-refractivity contribution in [3.63, 3.8) is 0 Å². The van der Waals surface area contributed by atoms with Crippen LogP contribution in [0.5, 0.6) is 0 Å². The van der Waals surface area contributed by atoms with E-state index in [4.69, 9.17) is 0 Å². The van der Waals surface area contributed by atoms with Crippen LogP contribution in [0.1, 0.15) is 16.2 Å². The molecule has 7 heteroatoms. The van der Waals surface area contributed by atoms with Crippen LogP contribution in [0.25, 0.3) is 0 Å². The summed E-state index contributed by atoms with van der Waals surface area (Å²) in [5.41, 5.74) is 0. The smallest absolute Gasteiger partial charge is 0.241 e. The Morgan fingerprint density at radius 2 is 2.11 bits per heavy atom. The highest BCUT2D eigenvalue weighted by molar-refractivity contribution is 7.89. The lowest BCUT2D eigenvalue weighted by molar-refractivity contribution is -0.126. The Kier molecular flexibility index (Phi) is 3.48. The van der Waals surface area contributed by atoms with Crippen LogP contribution in [0.3, 0.4) is 0 Å². The number of likely N-dealkylation sites (tertiary alicyclic amines) is 1. The van der Waals surface area contributed by atoms with Crippen LogP contribution in [0, 0.1) is 13.8 Å². The molecule has 1 aliphatic rings. The average Bonchev–Trinajstić information content (AvgIpc) is 2.70. The Morgan fingerprint density at radius 3 is 2.56 bits per heavy atom.